The van der Waals surface area contributed by atoms with Gasteiger partial charge in [-0.3, -0.25) is 43.2 Å². The molecule has 0 unspecified atom stereocenters. The molecule has 0 saturated carbocycles. The molecule has 0 aromatic heterocycles. The molecule has 0 aliphatic carbocycles. The van der Waals surface area contributed by atoms with Crippen molar-refractivity contribution in [3.05, 3.63) is 0 Å². The Labute approximate surface area is 656 Å². The smallest absolute Gasteiger partial charge is 0.344 e. The van der Waals surface area contributed by atoms with E-state index >= 15 is 0 Å². The lowest BCUT2D eigenvalue weighted by Gasteiger charge is -2.00. The van der Waals surface area contributed by atoms with E-state index in [1.807, 2.05) is 80.3 Å². The van der Waals surface area contributed by atoms with E-state index in [2.05, 4.69) is 73.2 Å². The van der Waals surface area contributed by atoms with E-state index in [-0.39, 0.29) is 119 Å². The second-order valence-electron chi connectivity index (χ2n) is 17.4. The summed E-state index contributed by atoms with van der Waals surface area (Å²) in [5.74, 6) is -0.272. The average molecular weight is 1640 g/mol. The van der Waals surface area contributed by atoms with Gasteiger partial charge in [0.05, 0.1) is 86.5 Å². The molecular weight excluding hydrogens is 1500 g/mol. The van der Waals surface area contributed by atoms with Crippen molar-refractivity contribution in [1.29, 1.82) is 0 Å². The Morgan fingerprint density at radius 1 is 0.241 bits per heavy atom. The van der Waals surface area contributed by atoms with Crippen molar-refractivity contribution in [3.8, 4) is 0 Å². The van der Waals surface area contributed by atoms with Crippen LogP contribution in [0.5, 0.6) is 0 Å². The van der Waals surface area contributed by atoms with E-state index in [9.17, 15) is 67.1 Å². The normalized spacial score (nSPS) is 8.87. The Hall–Kier alpha value is -6.33. The molecule has 0 atom stereocenters. The van der Waals surface area contributed by atoms with Gasteiger partial charge in [0.25, 0.3) is 0 Å². The number of methoxy groups -OCH3 is 8. The zero-order valence-electron chi connectivity index (χ0n) is 69.7. The molecule has 38 heteroatoms. The zero-order chi connectivity index (χ0) is 86.3. The lowest BCUT2D eigenvalue weighted by atomic mass is 10.2. The molecule has 0 N–H and O–H groups in total. The molecule has 0 aromatic rings. The third kappa shape index (κ3) is 165. The highest BCUT2D eigenvalue weighted by atomic mass is 32.2. The maximum Gasteiger partial charge on any atom is 0.344 e. The fourth-order valence-electron chi connectivity index (χ4n) is 3.82. The molecule has 0 aliphatic rings. The lowest BCUT2D eigenvalue weighted by Crippen LogP contribution is -2.13. The first kappa shape index (κ1) is 131. The van der Waals surface area contributed by atoms with Crippen LogP contribution in [0.25, 0.3) is 0 Å². The van der Waals surface area contributed by atoms with Crippen LogP contribution in [0.4, 0.5) is 0 Å². The molecule has 646 valence electrons. The van der Waals surface area contributed by atoms with Crippen LogP contribution in [-0.4, -0.2) is 301 Å². The number of carbonyl (C=O) groups excluding carboxylic acids is 14. The fourth-order valence-corrected chi connectivity index (χ4v) is 5.08. The topological polar surface area (TPSA) is 433 Å². The summed E-state index contributed by atoms with van der Waals surface area (Å²) in [7, 11) is 10.6. The van der Waals surface area contributed by atoms with Gasteiger partial charge in [-0.05, 0) is 93.9 Å². The van der Waals surface area contributed by atoms with Crippen LogP contribution >= 0.6 is 35.3 Å². The van der Waals surface area contributed by atoms with Crippen LogP contribution in [0.1, 0.15) is 156 Å². The second kappa shape index (κ2) is 124. The Bertz CT molecular complexity index is 1810. The minimum atomic E-state index is -0.582. The number of ether oxygens (including phenoxy) is 21. The van der Waals surface area contributed by atoms with E-state index in [4.69, 9.17) is 33.2 Å². The molecule has 0 amide bonds. The van der Waals surface area contributed by atoms with Crippen molar-refractivity contribution in [2.75, 3.05) is 218 Å². The van der Waals surface area contributed by atoms with E-state index < -0.39 is 29.8 Å². The summed E-state index contributed by atoms with van der Waals surface area (Å²) in [4.78, 5) is 145. The molecule has 0 rings (SSSR count). The first-order chi connectivity index (χ1) is 51.4. The van der Waals surface area contributed by atoms with Crippen LogP contribution < -0.4 is 0 Å². The van der Waals surface area contributed by atoms with Crippen LogP contribution in [-0.2, 0) is 167 Å². The summed E-state index contributed by atoms with van der Waals surface area (Å²) in [6, 6.07) is 0. The Balaban J connectivity index is -0.0000000824. The number of Topliss-reactive ketones (excluding diaryl/α,β-unsaturated/α-hetero) is 2. The Kier molecular flexibility index (Phi) is 151. The maximum atomic E-state index is 10.5. The fraction of sp³-hybridized carbons (Fsp3) is 0.800. The maximum absolute atomic E-state index is 10.5. The molecule has 0 aliphatic heterocycles. The van der Waals surface area contributed by atoms with Gasteiger partial charge in [0, 0.05) is 86.2 Å². The molecule has 0 fully saturated rings. The van der Waals surface area contributed by atoms with Gasteiger partial charge in [-0.2, -0.15) is 23.5 Å². The molecule has 0 spiro atoms. The van der Waals surface area contributed by atoms with Crippen LogP contribution in [0.15, 0.2) is 0 Å². The van der Waals surface area contributed by atoms with Gasteiger partial charge in [-0.15, -0.1) is 11.8 Å². The standard InChI is InChI=1S/C6H10O4.C6H10O3.2C6H12O3.C6H12O2.C5H8O4.3C5H10O3.2C5H10O2S.C5H12O2.C5H12OS/c1-3-5(7)10-4-6(8)9-2;1-3-5(7)4-6(8)9-2;1-3-8-5-6(7)9-4-2;1-3-6(7)9-5-8-4-2;1-3-6(7)5-8-4-2;1-8-4(6)3-5(7)9-2;1-3-8-4-5(6)7-2;2*1-3-8-5(6)4-7-2;1-3-7-5(6)4-8-2;1-3-8-4-5(6)7-2;2*1-3-6-5-7-4-2/h3-4H2,1-2H3;3-4H2,1-2H3;2*3-5H2,1-2H3;3-5H2,1-2H3;3H2,1-2H3;5*3-4H2,1-2H3;2*3-5H2,1-2H3. The minimum Gasteiger partial charge on any atom is -0.469 e. The highest BCUT2D eigenvalue weighted by molar-refractivity contribution is 8.00. The number of hydrogen-bond donors (Lipinski definition) is 0. The number of hydrogen-bond acceptors (Lipinski definition) is 38. The highest BCUT2D eigenvalue weighted by Gasteiger charge is 2.09. The number of carbonyl (C=O) groups is 14. The van der Waals surface area contributed by atoms with Crippen LogP contribution in [0.3, 0.4) is 0 Å². The lowest BCUT2D eigenvalue weighted by molar-refractivity contribution is -0.156. The quantitative estimate of drug-likeness (QED) is 0.0183. The summed E-state index contributed by atoms with van der Waals surface area (Å²) < 4.78 is 95.6. The monoisotopic (exact) mass is 1630 g/mol. The van der Waals surface area contributed by atoms with Gasteiger partial charge >= 0.3 is 71.6 Å². The van der Waals surface area contributed by atoms with Crippen LogP contribution in [0.2, 0.25) is 0 Å². The molecule has 0 saturated heterocycles. The van der Waals surface area contributed by atoms with Gasteiger partial charge in [-0.25, -0.2) is 24.0 Å². The first-order valence-electron chi connectivity index (χ1n) is 34.5. The molecular formula is C70H138O35S3. The van der Waals surface area contributed by atoms with E-state index in [0.717, 1.165) is 37.3 Å². The van der Waals surface area contributed by atoms with Gasteiger partial charge in [0.2, 0.25) is 0 Å². The summed E-state index contributed by atoms with van der Waals surface area (Å²) in [5.41, 5.74) is 0. The van der Waals surface area contributed by atoms with Gasteiger partial charge < -0.3 is 99.5 Å². The van der Waals surface area contributed by atoms with Crippen LogP contribution in [0, 0.1) is 0 Å². The molecule has 35 nitrogen and oxygen atoms in total. The molecule has 0 radical (unpaired) electrons. The molecule has 108 heavy (non-hydrogen) atoms. The molecule has 0 heterocycles. The number of thioether (sulfide) groups is 3. The average Bonchev–Trinajstić information content (AvgIpc) is 1.15. The largest absolute Gasteiger partial charge is 0.469 e. The van der Waals surface area contributed by atoms with Crippen molar-refractivity contribution in [3.63, 3.8) is 0 Å². The van der Waals surface area contributed by atoms with E-state index in [1.165, 1.54) is 68.6 Å². The van der Waals surface area contributed by atoms with Gasteiger partial charge in [0.15, 0.2) is 19.2 Å². The van der Waals surface area contributed by atoms with Gasteiger partial charge in [-0.1, -0.05) is 41.5 Å². The first-order valence-corrected chi connectivity index (χ1v) is 38.2. The Morgan fingerprint density at radius 3 is 0.889 bits per heavy atom. The summed E-state index contributed by atoms with van der Waals surface area (Å²) in [5, 5.41) is 0. The molecule has 0 bridgehead atoms. The summed E-state index contributed by atoms with van der Waals surface area (Å²) in [6.45, 7) is 38.6. The van der Waals surface area contributed by atoms with Gasteiger partial charge in [0.1, 0.15) is 58.5 Å². The van der Waals surface area contributed by atoms with Crippen molar-refractivity contribution in [2.45, 2.75) is 156 Å². The number of ketones is 2. The Morgan fingerprint density at radius 2 is 0.565 bits per heavy atom. The van der Waals surface area contributed by atoms with E-state index in [1.54, 1.807) is 60.2 Å². The predicted molar refractivity (Wildman–Crippen MR) is 410 cm³/mol. The summed E-state index contributed by atoms with van der Waals surface area (Å²) >= 11 is 4.85. The molecule has 0 aromatic carbocycles. The second-order valence-corrected chi connectivity index (χ2v) is 20.7. The third-order valence-electron chi connectivity index (χ3n) is 9.12. The number of rotatable bonds is 43. The van der Waals surface area contributed by atoms with Crippen molar-refractivity contribution in [2.24, 2.45) is 0 Å². The predicted octanol–water partition coefficient (Wildman–Crippen LogP) is 8.05. The SMILES string of the molecule is CCC(=O)CC(=O)OC.CCC(=O)OCC(=O)OC.CCOC(=O)COC.CCOC(=O)COC.CCOC(=O)CSC.CCOCC(=O)CC.CCOCC(=O)OC.CCOCC(=O)OCC.CCOCOC(=O)CC.CCOCOCC.CCOCSCC.CCSCC(=O)OC.COC(=O)CC(=O)OC. The van der Waals surface area contributed by atoms with E-state index in [0.29, 0.717) is 90.4 Å². The summed E-state index contributed by atoms with van der Waals surface area (Å²) in [6.07, 6.45) is 3.14. The zero-order valence-corrected chi connectivity index (χ0v) is 72.2. The highest BCUT2D eigenvalue weighted by Crippen LogP contribution is 1.98. The third-order valence-corrected chi connectivity index (χ3v) is 11.2. The van der Waals surface area contributed by atoms with Crippen molar-refractivity contribution >= 4 is 118 Å². The van der Waals surface area contributed by atoms with Crippen molar-refractivity contribution < 1.29 is 167 Å². The van der Waals surface area contributed by atoms with Crippen molar-refractivity contribution in [1.82, 2.24) is 0 Å². The number of esters is 12. The minimum absolute atomic E-state index is 0.0494.